The summed E-state index contributed by atoms with van der Waals surface area (Å²) in [5.74, 6) is 0. The van der Waals surface area contributed by atoms with Gasteiger partial charge < -0.3 is 0 Å². The summed E-state index contributed by atoms with van der Waals surface area (Å²) in [5, 5.41) is 6.57. The van der Waals surface area contributed by atoms with E-state index in [1.54, 1.807) is 0 Å². The molecule has 0 unspecified atom stereocenters. The van der Waals surface area contributed by atoms with E-state index in [1.807, 2.05) is 12.3 Å². The third kappa shape index (κ3) is 0.834. The van der Waals surface area contributed by atoms with E-state index in [2.05, 4.69) is 10.2 Å². The first-order valence-corrected chi connectivity index (χ1v) is 2.86. The predicted octanol–water partition coefficient (Wildman–Crippen LogP) is -0.797. The topological polar surface area (TPSA) is 28.7 Å². The molecule has 1 aromatic rings. The molecule has 0 aliphatic rings. The molecule has 1 heterocycles. The minimum absolute atomic E-state index is 1.05. The third-order valence-electron chi connectivity index (χ3n) is 0.640. The van der Waals surface area contributed by atoms with Crippen LogP contribution in [0.15, 0.2) is 12.3 Å². The van der Waals surface area contributed by atoms with E-state index in [0.717, 1.165) is 27.9 Å². The summed E-state index contributed by atoms with van der Waals surface area (Å²) < 4.78 is 1.18. The Morgan fingerprint density at radius 1 is 1.83 bits per heavy atom. The van der Waals surface area contributed by atoms with Crippen molar-refractivity contribution < 1.29 is 0 Å². The number of aromatic nitrogens is 2. The van der Waals surface area contributed by atoms with Crippen LogP contribution in [0.2, 0.25) is 0 Å². The first-order valence-electron chi connectivity index (χ1n) is 1.86. The zero-order chi connectivity index (χ0) is 4.41. The van der Waals surface area contributed by atoms with Gasteiger partial charge in [0.1, 0.15) is 0 Å². The number of nitrogens with one attached hydrogen (secondary N) is 1. The molecule has 1 rings (SSSR count). The molecule has 0 atom stereocenters. The van der Waals surface area contributed by atoms with E-state index < -0.39 is 0 Å². The van der Waals surface area contributed by atoms with E-state index in [4.69, 9.17) is 0 Å². The Labute approximate surface area is 53.4 Å². The van der Waals surface area contributed by atoms with Crippen LogP contribution in [-0.2, 0) is 0 Å². The number of nitrogens with zero attached hydrogens (tertiary/aromatic N) is 1. The van der Waals surface area contributed by atoms with Gasteiger partial charge in [-0.3, -0.25) is 0 Å². The Morgan fingerprint density at radius 2 is 2.67 bits per heavy atom. The number of aromatic amines is 1. The van der Waals surface area contributed by atoms with Crippen LogP contribution in [0, 0.1) is 0 Å². The molecule has 3 heteroatoms. The van der Waals surface area contributed by atoms with Gasteiger partial charge in [-0.1, -0.05) is 0 Å². The Morgan fingerprint density at radius 3 is 2.83 bits per heavy atom. The molecule has 6 heavy (non-hydrogen) atoms. The maximum atomic E-state index is 3.85. The molecule has 0 amide bonds. The van der Waals surface area contributed by atoms with Crippen LogP contribution in [0.1, 0.15) is 0 Å². The summed E-state index contributed by atoms with van der Waals surface area (Å²) in [6, 6.07) is 1.98. The maximum absolute atomic E-state index is 3.85. The zero-order valence-corrected chi connectivity index (χ0v) is 5.60. The van der Waals surface area contributed by atoms with Gasteiger partial charge in [0, 0.05) is 0 Å². The Hall–Kier alpha value is 0.210. The summed E-state index contributed by atoms with van der Waals surface area (Å²) in [6.07, 6.45) is 1.84. The quantitative estimate of drug-likeness (QED) is 0.415. The second kappa shape index (κ2) is 1.78. The zero-order valence-electron chi connectivity index (χ0n) is 3.60. The molecule has 0 aliphatic heterocycles. The fourth-order valence-electron chi connectivity index (χ4n) is 0.334. The van der Waals surface area contributed by atoms with Gasteiger partial charge in [0.25, 0.3) is 0 Å². The van der Waals surface area contributed by atoms with Gasteiger partial charge in [0.05, 0.1) is 0 Å². The van der Waals surface area contributed by atoms with Crippen molar-refractivity contribution in [1.29, 1.82) is 0 Å². The molecule has 1 N–H and O–H groups in total. The number of hydrogen-bond donors (Lipinski definition) is 1. The van der Waals surface area contributed by atoms with Crippen LogP contribution in [-0.4, -0.2) is 38.1 Å². The minimum atomic E-state index is 1.05. The summed E-state index contributed by atoms with van der Waals surface area (Å²) >= 11 is 1.05. The Balaban J connectivity index is 3.05. The molecular weight excluding hydrogens is 87.0 g/mol. The van der Waals surface area contributed by atoms with E-state index in [0.29, 0.717) is 0 Å². The second-order valence-corrected chi connectivity index (χ2v) is 2.24. The van der Waals surface area contributed by atoms with E-state index in [9.17, 15) is 0 Å². The Kier molecular flexibility index (Phi) is 1.29. The number of hydrogen-bond acceptors (Lipinski definition) is 1. The molecule has 0 aromatic carbocycles. The van der Waals surface area contributed by atoms with E-state index in [-0.39, 0.29) is 0 Å². The first-order chi connectivity index (χ1) is 2.89. The van der Waals surface area contributed by atoms with Gasteiger partial charge in [-0.25, -0.2) is 0 Å². The van der Waals surface area contributed by atoms with Crippen molar-refractivity contribution in [3.8, 4) is 0 Å². The molecule has 2 nitrogen and oxygen atoms in total. The van der Waals surface area contributed by atoms with Crippen molar-refractivity contribution in [3.63, 3.8) is 0 Å². The molecular formula is C3H3N2Na. The van der Waals surface area contributed by atoms with Crippen LogP contribution in [0.25, 0.3) is 0 Å². The van der Waals surface area contributed by atoms with Crippen LogP contribution in [0.4, 0.5) is 0 Å². The van der Waals surface area contributed by atoms with Crippen molar-refractivity contribution in [2.75, 3.05) is 0 Å². The van der Waals surface area contributed by atoms with Crippen LogP contribution < -0.4 is 2.94 Å². The van der Waals surface area contributed by atoms with Gasteiger partial charge in [0.2, 0.25) is 0 Å². The van der Waals surface area contributed by atoms with Gasteiger partial charge in [-0.05, 0) is 0 Å². The molecule has 0 radical (unpaired) electrons. The van der Waals surface area contributed by atoms with Crippen molar-refractivity contribution in [1.82, 2.24) is 10.2 Å². The SMILES string of the molecule is [Na][c]1cc[nH]n1. The van der Waals surface area contributed by atoms with Gasteiger partial charge in [-0.15, -0.1) is 0 Å². The average Bonchev–Trinajstić information content (AvgIpc) is 1.86. The number of H-pyrrole nitrogens is 1. The summed E-state index contributed by atoms with van der Waals surface area (Å²) in [6.45, 7) is 0. The molecule has 0 bridgehead atoms. The summed E-state index contributed by atoms with van der Waals surface area (Å²) in [4.78, 5) is 0. The van der Waals surface area contributed by atoms with E-state index in [1.165, 1.54) is 2.94 Å². The molecule has 0 saturated heterocycles. The fourth-order valence-corrected chi connectivity index (χ4v) is 0.630. The fraction of sp³-hybridized carbons (Fsp3) is 0. The molecule has 0 spiro atoms. The summed E-state index contributed by atoms with van der Waals surface area (Å²) in [5.41, 5.74) is 0. The first kappa shape index (κ1) is 4.37. The van der Waals surface area contributed by atoms with Crippen molar-refractivity contribution in [3.05, 3.63) is 12.3 Å². The van der Waals surface area contributed by atoms with Crippen LogP contribution >= 0.6 is 0 Å². The molecule has 0 saturated carbocycles. The standard InChI is InChI=1S/C3H3N2.Na/c1-2-4-5-3-1;/h1-2H,(H,4,5);. The van der Waals surface area contributed by atoms with Gasteiger partial charge in [0.15, 0.2) is 0 Å². The normalized spacial score (nSPS) is 9.00. The molecule has 1 aromatic heterocycles. The van der Waals surface area contributed by atoms with Crippen LogP contribution in [0.3, 0.4) is 0 Å². The Bertz CT molecular complexity index is 112. The predicted molar refractivity (Wildman–Crippen MR) is 24.0 cm³/mol. The average molecular weight is 90.1 g/mol. The van der Waals surface area contributed by atoms with Crippen molar-refractivity contribution >= 4 is 30.9 Å². The third-order valence-corrected chi connectivity index (χ3v) is 1.20. The molecule has 0 aliphatic carbocycles. The van der Waals surface area contributed by atoms with Gasteiger partial charge in [-0.2, -0.15) is 0 Å². The molecule has 0 fully saturated rings. The number of rotatable bonds is 0. The van der Waals surface area contributed by atoms with Crippen molar-refractivity contribution in [2.24, 2.45) is 0 Å². The van der Waals surface area contributed by atoms with E-state index >= 15 is 0 Å². The summed E-state index contributed by atoms with van der Waals surface area (Å²) in [7, 11) is 0. The second-order valence-electron chi connectivity index (χ2n) is 1.22. The monoisotopic (exact) mass is 90.0 g/mol. The van der Waals surface area contributed by atoms with Crippen molar-refractivity contribution in [2.45, 2.75) is 0 Å². The van der Waals surface area contributed by atoms with Gasteiger partial charge >= 0.3 is 53.3 Å². The molecule has 26 valence electrons. The van der Waals surface area contributed by atoms with Crippen LogP contribution in [0.5, 0.6) is 0 Å².